The summed E-state index contributed by atoms with van der Waals surface area (Å²) in [6, 6.07) is 0.566. The molecule has 0 aromatic carbocycles. The Kier molecular flexibility index (Phi) is 7.15. The fourth-order valence-corrected chi connectivity index (χ4v) is 3.41. The molecule has 2 N–H and O–H groups in total. The van der Waals surface area contributed by atoms with E-state index in [9.17, 15) is 4.79 Å². The molecule has 132 valence electrons. The van der Waals surface area contributed by atoms with Crippen LogP contribution >= 0.6 is 0 Å². The molecule has 0 atom stereocenters. The first-order chi connectivity index (χ1) is 11.1. The smallest absolute Gasteiger partial charge is 0.219 e. The van der Waals surface area contributed by atoms with Gasteiger partial charge in [0.05, 0.1) is 0 Å². The Morgan fingerprint density at radius 3 is 2.35 bits per heavy atom. The molecule has 2 rings (SSSR count). The Balaban J connectivity index is 1.62. The minimum Gasteiger partial charge on any atom is -0.355 e. The number of amides is 1. The van der Waals surface area contributed by atoms with Crippen molar-refractivity contribution in [3.63, 3.8) is 0 Å². The van der Waals surface area contributed by atoms with E-state index in [0.717, 1.165) is 51.1 Å². The fraction of sp³-hybridized carbons (Fsp3) is 0.882. The third-order valence-corrected chi connectivity index (χ3v) is 5.12. The SMILES string of the molecule is CN=C(NCCN1CCN(C(C)=O)CC1)NC1CCC(C)CC1. The van der Waals surface area contributed by atoms with Crippen molar-refractivity contribution in [2.24, 2.45) is 10.9 Å². The number of nitrogens with zero attached hydrogens (tertiary/aromatic N) is 3. The maximum Gasteiger partial charge on any atom is 0.219 e. The first-order valence-corrected chi connectivity index (χ1v) is 9.03. The van der Waals surface area contributed by atoms with Crippen molar-refractivity contribution in [3.05, 3.63) is 0 Å². The van der Waals surface area contributed by atoms with Gasteiger partial charge < -0.3 is 15.5 Å². The van der Waals surface area contributed by atoms with Gasteiger partial charge in [0, 0.05) is 59.3 Å². The van der Waals surface area contributed by atoms with Crippen LogP contribution in [0.5, 0.6) is 0 Å². The molecule has 1 saturated carbocycles. The number of piperazine rings is 1. The quantitative estimate of drug-likeness (QED) is 0.596. The van der Waals surface area contributed by atoms with E-state index in [0.29, 0.717) is 6.04 Å². The van der Waals surface area contributed by atoms with Gasteiger partial charge in [0.2, 0.25) is 5.91 Å². The number of carbonyl (C=O) groups excluding carboxylic acids is 1. The van der Waals surface area contributed by atoms with E-state index >= 15 is 0 Å². The van der Waals surface area contributed by atoms with E-state index in [1.807, 2.05) is 11.9 Å². The van der Waals surface area contributed by atoms with Crippen LogP contribution in [0, 0.1) is 5.92 Å². The van der Waals surface area contributed by atoms with Crippen LogP contribution in [0.15, 0.2) is 4.99 Å². The van der Waals surface area contributed by atoms with E-state index in [1.54, 1.807) is 6.92 Å². The van der Waals surface area contributed by atoms with Crippen molar-refractivity contribution < 1.29 is 4.79 Å². The van der Waals surface area contributed by atoms with Gasteiger partial charge in [-0.25, -0.2) is 0 Å². The molecule has 0 unspecified atom stereocenters. The van der Waals surface area contributed by atoms with Crippen LogP contribution in [0.4, 0.5) is 0 Å². The van der Waals surface area contributed by atoms with E-state index in [1.165, 1.54) is 25.7 Å². The lowest BCUT2D eigenvalue weighted by Gasteiger charge is -2.34. The van der Waals surface area contributed by atoms with Crippen molar-refractivity contribution in [1.29, 1.82) is 0 Å². The summed E-state index contributed by atoms with van der Waals surface area (Å²) < 4.78 is 0. The molecular weight excluding hydrogens is 290 g/mol. The highest BCUT2D eigenvalue weighted by atomic mass is 16.2. The minimum absolute atomic E-state index is 0.189. The summed E-state index contributed by atoms with van der Waals surface area (Å²) in [6.45, 7) is 9.51. The van der Waals surface area contributed by atoms with Gasteiger partial charge in [-0.2, -0.15) is 0 Å². The average Bonchev–Trinajstić information content (AvgIpc) is 2.56. The first kappa shape index (κ1) is 18.0. The lowest BCUT2D eigenvalue weighted by molar-refractivity contribution is -0.130. The molecule has 0 aromatic rings. The maximum atomic E-state index is 11.3. The molecule has 2 fully saturated rings. The number of guanidine groups is 1. The molecular formula is C17H33N5O. The van der Waals surface area contributed by atoms with Crippen molar-refractivity contribution in [2.75, 3.05) is 46.3 Å². The molecule has 0 bridgehead atoms. The molecule has 0 spiro atoms. The van der Waals surface area contributed by atoms with Crippen LogP contribution in [-0.4, -0.2) is 74.0 Å². The molecule has 6 heteroatoms. The summed E-state index contributed by atoms with van der Waals surface area (Å²) in [5.41, 5.74) is 0. The normalized spacial score (nSPS) is 26.9. The molecule has 1 aliphatic heterocycles. The Hall–Kier alpha value is -1.30. The molecule has 1 heterocycles. The van der Waals surface area contributed by atoms with Gasteiger partial charge in [-0.1, -0.05) is 6.92 Å². The zero-order chi connectivity index (χ0) is 16.7. The summed E-state index contributed by atoms with van der Waals surface area (Å²) >= 11 is 0. The average molecular weight is 323 g/mol. The Bertz CT molecular complexity index is 396. The first-order valence-electron chi connectivity index (χ1n) is 9.03. The monoisotopic (exact) mass is 323 g/mol. The topological polar surface area (TPSA) is 60.0 Å². The Morgan fingerprint density at radius 1 is 1.13 bits per heavy atom. The lowest BCUT2D eigenvalue weighted by Crippen LogP contribution is -2.51. The predicted molar refractivity (Wildman–Crippen MR) is 94.6 cm³/mol. The number of rotatable bonds is 4. The second kappa shape index (κ2) is 9.11. The molecule has 1 aliphatic carbocycles. The summed E-state index contributed by atoms with van der Waals surface area (Å²) in [7, 11) is 1.84. The summed E-state index contributed by atoms with van der Waals surface area (Å²) in [5.74, 6) is 1.98. The van der Waals surface area contributed by atoms with E-state index in [4.69, 9.17) is 0 Å². The van der Waals surface area contributed by atoms with Crippen molar-refractivity contribution in [2.45, 2.75) is 45.6 Å². The van der Waals surface area contributed by atoms with Gasteiger partial charge in [0.25, 0.3) is 0 Å². The van der Waals surface area contributed by atoms with E-state index in [2.05, 4.69) is 27.4 Å². The lowest BCUT2D eigenvalue weighted by atomic mass is 9.87. The number of aliphatic imine (C=N–C) groups is 1. The molecule has 1 saturated heterocycles. The summed E-state index contributed by atoms with van der Waals surface area (Å²) in [4.78, 5) is 20.0. The number of carbonyl (C=O) groups is 1. The second-order valence-electron chi connectivity index (χ2n) is 6.95. The van der Waals surface area contributed by atoms with Gasteiger partial charge >= 0.3 is 0 Å². The highest BCUT2D eigenvalue weighted by Gasteiger charge is 2.20. The van der Waals surface area contributed by atoms with Crippen LogP contribution in [0.3, 0.4) is 0 Å². The highest BCUT2D eigenvalue weighted by molar-refractivity contribution is 5.79. The van der Waals surface area contributed by atoms with Gasteiger partial charge in [-0.3, -0.25) is 14.7 Å². The second-order valence-corrected chi connectivity index (χ2v) is 6.95. The van der Waals surface area contributed by atoms with Gasteiger partial charge in [-0.05, 0) is 31.6 Å². The molecule has 1 amide bonds. The molecule has 23 heavy (non-hydrogen) atoms. The number of hydrogen-bond donors (Lipinski definition) is 2. The van der Waals surface area contributed by atoms with Crippen LogP contribution in [0.25, 0.3) is 0 Å². The largest absolute Gasteiger partial charge is 0.355 e. The highest BCUT2D eigenvalue weighted by Crippen LogP contribution is 2.23. The fourth-order valence-electron chi connectivity index (χ4n) is 3.41. The summed E-state index contributed by atoms with van der Waals surface area (Å²) in [6.07, 6.45) is 5.12. The van der Waals surface area contributed by atoms with E-state index in [-0.39, 0.29) is 5.91 Å². The van der Waals surface area contributed by atoms with Crippen LogP contribution in [0.2, 0.25) is 0 Å². The summed E-state index contributed by atoms with van der Waals surface area (Å²) in [5, 5.41) is 6.98. The molecule has 2 aliphatic rings. The van der Waals surface area contributed by atoms with Crippen molar-refractivity contribution in [3.8, 4) is 0 Å². The minimum atomic E-state index is 0.189. The Labute approximate surface area is 140 Å². The van der Waals surface area contributed by atoms with Crippen LogP contribution in [-0.2, 0) is 4.79 Å². The standard InChI is InChI=1S/C17H33N5O/c1-14-4-6-16(7-5-14)20-17(18-3)19-8-9-21-10-12-22(13-11-21)15(2)23/h14,16H,4-13H2,1-3H3,(H2,18,19,20). The molecule has 0 radical (unpaired) electrons. The third-order valence-electron chi connectivity index (χ3n) is 5.12. The maximum absolute atomic E-state index is 11.3. The van der Waals surface area contributed by atoms with Crippen LogP contribution in [0.1, 0.15) is 39.5 Å². The number of hydrogen-bond acceptors (Lipinski definition) is 3. The van der Waals surface area contributed by atoms with Crippen LogP contribution < -0.4 is 10.6 Å². The van der Waals surface area contributed by atoms with Crippen molar-refractivity contribution >= 4 is 11.9 Å². The van der Waals surface area contributed by atoms with E-state index < -0.39 is 0 Å². The van der Waals surface area contributed by atoms with Crippen molar-refractivity contribution in [1.82, 2.24) is 20.4 Å². The van der Waals surface area contributed by atoms with Gasteiger partial charge in [0.15, 0.2) is 5.96 Å². The predicted octanol–water partition coefficient (Wildman–Crippen LogP) is 0.894. The Morgan fingerprint density at radius 2 is 1.78 bits per heavy atom. The van der Waals surface area contributed by atoms with Gasteiger partial charge in [0.1, 0.15) is 0 Å². The van der Waals surface area contributed by atoms with Gasteiger partial charge in [-0.15, -0.1) is 0 Å². The third kappa shape index (κ3) is 6.01. The number of nitrogens with one attached hydrogen (secondary N) is 2. The molecule has 6 nitrogen and oxygen atoms in total. The molecule has 0 aromatic heterocycles. The zero-order valence-corrected chi connectivity index (χ0v) is 15.0. The zero-order valence-electron chi connectivity index (χ0n) is 15.0.